The summed E-state index contributed by atoms with van der Waals surface area (Å²) in [5.41, 5.74) is 4.06. The minimum atomic E-state index is -3.64. The molecule has 1 aliphatic heterocycles. The number of aryl methyl sites for hydroxylation is 1. The Morgan fingerprint density at radius 1 is 0.966 bits per heavy atom. The summed E-state index contributed by atoms with van der Waals surface area (Å²) in [6.45, 7) is 1.91. The van der Waals surface area contributed by atoms with Gasteiger partial charge in [-0.05, 0) is 54.4 Å². The molecule has 0 aromatic heterocycles. The minimum absolute atomic E-state index is 0.203. The number of aromatic hydroxyl groups is 1. The van der Waals surface area contributed by atoms with E-state index in [-0.39, 0.29) is 16.7 Å². The fourth-order valence-electron chi connectivity index (χ4n) is 3.08. The van der Waals surface area contributed by atoms with Crippen molar-refractivity contribution in [2.45, 2.75) is 24.3 Å². The summed E-state index contributed by atoms with van der Waals surface area (Å²) < 4.78 is 27.6. The molecule has 6 nitrogen and oxygen atoms in total. The van der Waals surface area contributed by atoms with Crippen LogP contribution in [-0.4, -0.2) is 19.2 Å². The zero-order valence-electron chi connectivity index (χ0n) is 15.7. The third-order valence-electron chi connectivity index (χ3n) is 4.74. The van der Waals surface area contributed by atoms with Gasteiger partial charge in [-0.15, -0.1) is 0 Å². The zero-order valence-corrected chi connectivity index (χ0v) is 16.6. The smallest absolute Gasteiger partial charge is 0.261 e. The van der Waals surface area contributed by atoms with E-state index in [1.807, 2.05) is 19.1 Å². The van der Waals surface area contributed by atoms with Gasteiger partial charge < -0.3 is 9.94 Å². The molecule has 3 aromatic carbocycles. The first kappa shape index (κ1) is 19.0. The van der Waals surface area contributed by atoms with Crippen molar-refractivity contribution in [2.24, 2.45) is 5.16 Å². The van der Waals surface area contributed by atoms with E-state index in [0.29, 0.717) is 12.1 Å². The number of hydrogen-bond acceptors (Lipinski definition) is 5. The van der Waals surface area contributed by atoms with E-state index >= 15 is 0 Å². The number of nitrogens with one attached hydrogen (secondary N) is 1. The highest BCUT2D eigenvalue weighted by molar-refractivity contribution is 7.92. The molecule has 0 saturated heterocycles. The molecule has 1 atom stereocenters. The van der Waals surface area contributed by atoms with Crippen molar-refractivity contribution >= 4 is 21.4 Å². The van der Waals surface area contributed by atoms with Crippen molar-refractivity contribution in [3.63, 3.8) is 0 Å². The predicted molar refractivity (Wildman–Crippen MR) is 112 cm³/mol. The number of oxime groups is 1. The Balaban J connectivity index is 1.44. The molecule has 0 radical (unpaired) electrons. The molecule has 0 fully saturated rings. The van der Waals surface area contributed by atoms with Crippen molar-refractivity contribution < 1.29 is 18.4 Å². The monoisotopic (exact) mass is 408 g/mol. The van der Waals surface area contributed by atoms with Crippen LogP contribution in [0.1, 0.15) is 29.2 Å². The normalized spacial score (nSPS) is 16.2. The number of nitrogens with zero attached hydrogens (tertiary/aromatic N) is 1. The summed E-state index contributed by atoms with van der Waals surface area (Å²) in [6, 6.07) is 20.6. The van der Waals surface area contributed by atoms with Crippen LogP contribution in [0.4, 0.5) is 5.69 Å². The van der Waals surface area contributed by atoms with Gasteiger partial charge in [-0.2, -0.15) is 0 Å². The van der Waals surface area contributed by atoms with E-state index in [1.54, 1.807) is 60.7 Å². The number of rotatable bonds is 5. The first-order valence-electron chi connectivity index (χ1n) is 9.12. The van der Waals surface area contributed by atoms with Crippen LogP contribution in [0.2, 0.25) is 0 Å². The molecule has 0 saturated carbocycles. The summed E-state index contributed by atoms with van der Waals surface area (Å²) in [5.74, 6) is 0.205. The molecule has 148 valence electrons. The third kappa shape index (κ3) is 4.25. The van der Waals surface area contributed by atoms with Crippen LogP contribution in [0.25, 0.3) is 0 Å². The molecule has 0 bridgehead atoms. The SMILES string of the molecule is Cc1ccc(S(=O)(=O)Nc2ccc(C3=NOC(c4ccc(O)cc4)C3)cc2)cc1. The number of hydrogen-bond donors (Lipinski definition) is 2. The molecular weight excluding hydrogens is 388 g/mol. The lowest BCUT2D eigenvalue weighted by molar-refractivity contribution is 0.0857. The maximum Gasteiger partial charge on any atom is 0.261 e. The van der Waals surface area contributed by atoms with Crippen LogP contribution in [0.5, 0.6) is 5.75 Å². The number of phenolic OH excluding ortho intramolecular Hbond substituents is 1. The molecule has 0 amide bonds. The lowest BCUT2D eigenvalue weighted by Crippen LogP contribution is -2.13. The average molecular weight is 408 g/mol. The summed E-state index contributed by atoms with van der Waals surface area (Å²) in [6.07, 6.45) is 0.393. The second-order valence-electron chi connectivity index (χ2n) is 6.92. The van der Waals surface area contributed by atoms with Crippen LogP contribution < -0.4 is 4.72 Å². The van der Waals surface area contributed by atoms with E-state index in [4.69, 9.17) is 4.84 Å². The van der Waals surface area contributed by atoms with E-state index in [2.05, 4.69) is 9.88 Å². The van der Waals surface area contributed by atoms with Gasteiger partial charge in [0.05, 0.1) is 10.6 Å². The van der Waals surface area contributed by atoms with Gasteiger partial charge in [-0.25, -0.2) is 8.42 Å². The molecule has 3 aromatic rings. The predicted octanol–water partition coefficient (Wildman–Crippen LogP) is 4.37. The van der Waals surface area contributed by atoms with Crippen LogP contribution in [0.15, 0.2) is 82.8 Å². The summed E-state index contributed by atoms with van der Waals surface area (Å²) >= 11 is 0. The highest BCUT2D eigenvalue weighted by Crippen LogP contribution is 2.30. The van der Waals surface area contributed by atoms with E-state index in [0.717, 1.165) is 22.4 Å². The van der Waals surface area contributed by atoms with Gasteiger partial charge in [0.2, 0.25) is 0 Å². The standard InChI is InChI=1S/C22H20N2O4S/c1-15-2-12-20(13-3-15)29(26,27)24-18-8-4-16(5-9-18)21-14-22(28-23-21)17-6-10-19(25)11-7-17/h2-13,22,24-25H,14H2,1H3. The Hall–Kier alpha value is -3.32. The third-order valence-corrected chi connectivity index (χ3v) is 6.13. The topological polar surface area (TPSA) is 88.0 Å². The molecular formula is C22H20N2O4S. The van der Waals surface area contributed by atoms with Crippen molar-refractivity contribution in [1.82, 2.24) is 0 Å². The van der Waals surface area contributed by atoms with Crippen molar-refractivity contribution in [3.05, 3.63) is 89.5 Å². The van der Waals surface area contributed by atoms with Crippen LogP contribution in [0, 0.1) is 6.92 Å². The Morgan fingerprint density at radius 2 is 1.62 bits per heavy atom. The molecule has 1 unspecified atom stereocenters. The second-order valence-corrected chi connectivity index (χ2v) is 8.61. The average Bonchev–Trinajstić information content (AvgIpc) is 3.19. The van der Waals surface area contributed by atoms with Gasteiger partial charge in [0.25, 0.3) is 10.0 Å². The molecule has 0 aliphatic carbocycles. The largest absolute Gasteiger partial charge is 0.508 e. The molecule has 2 N–H and O–H groups in total. The van der Waals surface area contributed by atoms with Crippen molar-refractivity contribution in [3.8, 4) is 5.75 Å². The summed E-state index contributed by atoms with van der Waals surface area (Å²) in [4.78, 5) is 5.74. The van der Waals surface area contributed by atoms with Gasteiger partial charge >= 0.3 is 0 Å². The minimum Gasteiger partial charge on any atom is -0.508 e. The van der Waals surface area contributed by atoms with E-state index < -0.39 is 10.0 Å². The quantitative estimate of drug-likeness (QED) is 0.656. The lowest BCUT2D eigenvalue weighted by atomic mass is 10.0. The maximum absolute atomic E-state index is 12.5. The van der Waals surface area contributed by atoms with Gasteiger partial charge in [0, 0.05) is 12.1 Å². The Labute approximate surface area is 169 Å². The molecule has 29 heavy (non-hydrogen) atoms. The van der Waals surface area contributed by atoms with Gasteiger partial charge in [0.15, 0.2) is 6.10 Å². The van der Waals surface area contributed by atoms with Crippen molar-refractivity contribution in [1.29, 1.82) is 0 Å². The molecule has 1 heterocycles. The van der Waals surface area contributed by atoms with Crippen LogP contribution in [-0.2, 0) is 14.9 Å². The fourth-order valence-corrected chi connectivity index (χ4v) is 4.14. The summed E-state index contributed by atoms with van der Waals surface area (Å²) in [5, 5.41) is 13.6. The molecule has 0 spiro atoms. The van der Waals surface area contributed by atoms with Crippen LogP contribution >= 0.6 is 0 Å². The van der Waals surface area contributed by atoms with Crippen LogP contribution in [0.3, 0.4) is 0 Å². The highest BCUT2D eigenvalue weighted by Gasteiger charge is 2.24. The number of phenols is 1. The molecule has 1 aliphatic rings. The van der Waals surface area contributed by atoms with Crippen molar-refractivity contribution in [2.75, 3.05) is 4.72 Å². The van der Waals surface area contributed by atoms with Gasteiger partial charge in [-0.1, -0.05) is 47.1 Å². The maximum atomic E-state index is 12.5. The second kappa shape index (κ2) is 7.60. The number of sulfonamides is 1. The zero-order chi connectivity index (χ0) is 20.4. The first-order chi connectivity index (χ1) is 13.9. The molecule has 7 heteroatoms. The summed E-state index contributed by atoms with van der Waals surface area (Å²) in [7, 11) is -3.64. The van der Waals surface area contributed by atoms with Gasteiger partial charge in [0.1, 0.15) is 5.75 Å². The Kier molecular flexibility index (Phi) is 4.98. The molecule has 4 rings (SSSR count). The van der Waals surface area contributed by atoms with Gasteiger partial charge in [-0.3, -0.25) is 4.72 Å². The number of anilines is 1. The number of benzene rings is 3. The highest BCUT2D eigenvalue weighted by atomic mass is 32.2. The first-order valence-corrected chi connectivity index (χ1v) is 10.6. The van der Waals surface area contributed by atoms with E-state index in [1.165, 1.54) is 0 Å². The fraction of sp³-hybridized carbons (Fsp3) is 0.136. The lowest BCUT2D eigenvalue weighted by Gasteiger charge is -2.09. The Morgan fingerprint density at radius 3 is 2.28 bits per heavy atom. The Bertz CT molecular complexity index is 1140. The van der Waals surface area contributed by atoms with E-state index in [9.17, 15) is 13.5 Å².